The van der Waals surface area contributed by atoms with Crippen LogP contribution in [0.3, 0.4) is 0 Å². The number of aliphatic hydroxyl groups is 1. The van der Waals surface area contributed by atoms with Gasteiger partial charge in [-0.05, 0) is 0 Å². The van der Waals surface area contributed by atoms with Gasteiger partial charge in [-0.15, -0.1) is 0 Å². The zero-order valence-electron chi connectivity index (χ0n) is 1.84. The van der Waals surface area contributed by atoms with Gasteiger partial charge in [0.2, 0.25) is 0 Å². The Kier molecular flexibility index (Phi) is 30.1. The molecule has 0 fully saturated rings. The first-order chi connectivity index (χ1) is 1.41. The fraction of sp³-hybridized carbons (Fsp3) is 0. The van der Waals surface area contributed by atoms with Gasteiger partial charge in [0.1, 0.15) is 0 Å². The average molecular weight is 94.0 g/mol. The first-order valence-corrected chi connectivity index (χ1v) is 0.447. The molecule has 0 amide bonds. The van der Waals surface area contributed by atoms with Crippen molar-refractivity contribution in [1.29, 1.82) is 5.26 Å². The SMILES string of the molecule is N#CO.[V]. The summed E-state index contributed by atoms with van der Waals surface area (Å²) >= 11 is 0. The summed E-state index contributed by atoms with van der Waals surface area (Å²) in [7, 11) is 0. The number of hydrogen-bond acceptors (Lipinski definition) is 2. The molecule has 0 rings (SSSR count). The van der Waals surface area contributed by atoms with Gasteiger partial charge in [-0.25, -0.2) is 0 Å². The Morgan fingerprint density at radius 2 is 1.75 bits per heavy atom. The molecule has 0 saturated carbocycles. The van der Waals surface area contributed by atoms with Crippen molar-refractivity contribution in [3.8, 4) is 6.26 Å². The van der Waals surface area contributed by atoms with E-state index in [9.17, 15) is 0 Å². The van der Waals surface area contributed by atoms with E-state index in [4.69, 9.17) is 10.4 Å². The zero-order valence-corrected chi connectivity index (χ0v) is 3.24. The molecule has 0 heterocycles. The van der Waals surface area contributed by atoms with E-state index in [1.165, 1.54) is 0 Å². The van der Waals surface area contributed by atoms with Gasteiger partial charge >= 0.3 is 0 Å². The standard InChI is InChI=1S/CHNO.V/c2-1-3;/h3H;. The molecule has 0 bridgehead atoms. The molecule has 0 saturated heterocycles. The average Bonchev–Trinajstić information content (AvgIpc) is 0.918. The topological polar surface area (TPSA) is 44.0 Å². The molecule has 21 valence electrons. The Morgan fingerprint density at radius 3 is 1.75 bits per heavy atom. The van der Waals surface area contributed by atoms with Crippen molar-refractivity contribution in [2.45, 2.75) is 0 Å². The van der Waals surface area contributed by atoms with Crippen LogP contribution in [-0.2, 0) is 18.6 Å². The molecule has 0 aromatic carbocycles. The fourth-order valence-corrected chi connectivity index (χ4v) is 0. The van der Waals surface area contributed by atoms with Crippen molar-refractivity contribution in [2.75, 3.05) is 0 Å². The predicted molar refractivity (Wildman–Crippen MR) is 7.55 cm³/mol. The van der Waals surface area contributed by atoms with Crippen molar-refractivity contribution >= 4 is 0 Å². The minimum absolute atomic E-state index is 0. The van der Waals surface area contributed by atoms with Crippen molar-refractivity contribution < 1.29 is 23.7 Å². The van der Waals surface area contributed by atoms with E-state index in [2.05, 4.69) is 0 Å². The first kappa shape index (κ1) is 9.11. The Bertz CT molecular complexity index is 29.5. The van der Waals surface area contributed by atoms with Gasteiger partial charge in [-0.2, -0.15) is 5.26 Å². The van der Waals surface area contributed by atoms with Gasteiger partial charge in [-0.3, -0.25) is 0 Å². The quantitative estimate of drug-likeness (QED) is 0.424. The van der Waals surface area contributed by atoms with Crippen molar-refractivity contribution in [3.05, 3.63) is 0 Å². The van der Waals surface area contributed by atoms with Crippen LogP contribution in [0.1, 0.15) is 0 Å². The second-order valence-corrected chi connectivity index (χ2v) is 0.100. The largest absolute Gasteiger partial charge is 0.443 e. The van der Waals surface area contributed by atoms with Gasteiger partial charge < -0.3 is 5.11 Å². The number of hydrogen-bond donors (Lipinski definition) is 1. The molecule has 0 aliphatic heterocycles. The third kappa shape index (κ3) is 90.9. The molecule has 2 nitrogen and oxygen atoms in total. The maximum atomic E-state index is 6.88. The summed E-state index contributed by atoms with van der Waals surface area (Å²) in [4.78, 5) is 0. The molecule has 0 spiro atoms. The van der Waals surface area contributed by atoms with Crippen molar-refractivity contribution in [2.24, 2.45) is 0 Å². The number of aliphatic hydroxyl groups excluding tert-OH is 1. The smallest absolute Gasteiger partial charge is 0.283 e. The van der Waals surface area contributed by atoms with Gasteiger partial charge in [0.05, 0.1) is 0 Å². The Morgan fingerprint density at radius 1 is 1.75 bits per heavy atom. The van der Waals surface area contributed by atoms with E-state index in [-0.39, 0.29) is 18.6 Å². The minimum Gasteiger partial charge on any atom is -0.443 e. The summed E-state index contributed by atoms with van der Waals surface area (Å²) in [6.07, 6.45) is 0.750. The van der Waals surface area contributed by atoms with E-state index >= 15 is 0 Å². The molecule has 0 aromatic heterocycles. The predicted octanol–water partition coefficient (Wildman–Crippen LogP) is -0.163. The zero-order chi connectivity index (χ0) is 2.71. The summed E-state index contributed by atoms with van der Waals surface area (Å²) in [6.45, 7) is 0. The maximum absolute atomic E-state index is 6.88. The third-order valence-corrected chi connectivity index (χ3v) is 0. The van der Waals surface area contributed by atoms with Crippen LogP contribution in [0.25, 0.3) is 0 Å². The van der Waals surface area contributed by atoms with Crippen LogP contribution in [0.15, 0.2) is 0 Å². The van der Waals surface area contributed by atoms with Crippen LogP contribution in [-0.4, -0.2) is 5.11 Å². The van der Waals surface area contributed by atoms with E-state index in [1.54, 1.807) is 0 Å². The Balaban J connectivity index is 0. The maximum Gasteiger partial charge on any atom is 0.283 e. The second-order valence-electron chi connectivity index (χ2n) is 0.100. The molecule has 3 heteroatoms. The van der Waals surface area contributed by atoms with E-state index in [0.717, 1.165) is 6.26 Å². The molecule has 0 unspecified atom stereocenters. The number of nitriles is 1. The first-order valence-electron chi connectivity index (χ1n) is 0.447. The Labute approximate surface area is 35.9 Å². The molecule has 0 aliphatic rings. The molecule has 0 aliphatic carbocycles. The molecule has 4 heavy (non-hydrogen) atoms. The van der Waals surface area contributed by atoms with Crippen LogP contribution < -0.4 is 0 Å². The summed E-state index contributed by atoms with van der Waals surface area (Å²) in [5.41, 5.74) is 0. The Hall–Kier alpha value is -0.126. The number of nitrogens with zero attached hydrogens (tertiary/aromatic N) is 1. The van der Waals surface area contributed by atoms with Gasteiger partial charge in [0.15, 0.2) is 0 Å². The van der Waals surface area contributed by atoms with Gasteiger partial charge in [0.25, 0.3) is 6.26 Å². The van der Waals surface area contributed by atoms with E-state index in [0.29, 0.717) is 0 Å². The minimum atomic E-state index is 0. The molecule has 1 radical (unpaired) electrons. The number of rotatable bonds is 0. The fourth-order valence-electron chi connectivity index (χ4n) is 0. The summed E-state index contributed by atoms with van der Waals surface area (Å²) in [5.74, 6) is 0. The molecular formula is CHNOV. The third-order valence-electron chi connectivity index (χ3n) is 0. The second kappa shape index (κ2) is 13.2. The monoisotopic (exact) mass is 93.9 g/mol. The molecule has 0 aromatic rings. The van der Waals surface area contributed by atoms with Crippen LogP contribution in [0.5, 0.6) is 0 Å². The summed E-state index contributed by atoms with van der Waals surface area (Å²) in [5, 5.41) is 13.8. The molecule has 1 N–H and O–H groups in total. The van der Waals surface area contributed by atoms with Crippen molar-refractivity contribution in [3.63, 3.8) is 0 Å². The summed E-state index contributed by atoms with van der Waals surface area (Å²) < 4.78 is 0. The summed E-state index contributed by atoms with van der Waals surface area (Å²) in [6, 6.07) is 0. The molecular weight excluding hydrogens is 93.0 g/mol. The van der Waals surface area contributed by atoms with E-state index in [1.807, 2.05) is 0 Å². The van der Waals surface area contributed by atoms with E-state index < -0.39 is 0 Å². The van der Waals surface area contributed by atoms with Crippen LogP contribution in [0.4, 0.5) is 0 Å². The normalized spacial score (nSPS) is 1.75. The van der Waals surface area contributed by atoms with Gasteiger partial charge in [-0.1, -0.05) is 0 Å². The van der Waals surface area contributed by atoms with Crippen LogP contribution in [0, 0.1) is 11.5 Å². The van der Waals surface area contributed by atoms with Crippen molar-refractivity contribution in [1.82, 2.24) is 0 Å². The van der Waals surface area contributed by atoms with Crippen LogP contribution >= 0.6 is 0 Å². The van der Waals surface area contributed by atoms with Crippen LogP contribution in [0.2, 0.25) is 0 Å². The molecule has 0 atom stereocenters. The van der Waals surface area contributed by atoms with Gasteiger partial charge in [0, 0.05) is 18.6 Å².